The lowest BCUT2D eigenvalue weighted by Crippen LogP contribution is -2.50. The number of urea groups is 1. The summed E-state index contributed by atoms with van der Waals surface area (Å²) in [5.74, 6) is 0.591. The molecule has 6 nitrogen and oxygen atoms in total. The Morgan fingerprint density at radius 1 is 0.839 bits per heavy atom. The Bertz CT molecular complexity index is 904. The van der Waals surface area contributed by atoms with Crippen LogP contribution in [0.4, 0.5) is 21.9 Å². The zero-order valence-electron chi connectivity index (χ0n) is 17.6. The van der Waals surface area contributed by atoms with E-state index >= 15 is 0 Å². The van der Waals surface area contributed by atoms with Gasteiger partial charge in [-0.2, -0.15) is 0 Å². The van der Waals surface area contributed by atoms with Gasteiger partial charge in [-0.3, -0.25) is 4.79 Å². The normalized spacial score (nSPS) is 17.3. The van der Waals surface area contributed by atoms with Gasteiger partial charge in [0.2, 0.25) is 5.91 Å². The summed E-state index contributed by atoms with van der Waals surface area (Å²) in [5, 5.41) is 6.17. The summed E-state index contributed by atoms with van der Waals surface area (Å²) >= 11 is 5.95. The summed E-state index contributed by atoms with van der Waals surface area (Å²) in [6.45, 7) is 3.22. The lowest BCUT2D eigenvalue weighted by molar-refractivity contribution is -0.136. The van der Waals surface area contributed by atoms with Gasteiger partial charge >= 0.3 is 6.03 Å². The standard InChI is InChI=1S/C24H29ClN4O2/c25-19-7-4-8-21(17-19)27-24(31)26-20-9-11-22(12-10-20)28-13-15-29(16-14-28)23(30)18-5-2-1-3-6-18/h4,7-12,17-18H,1-3,5-6,13-16H2,(H2,26,27,31). The van der Waals surface area contributed by atoms with Crippen molar-refractivity contribution in [2.75, 3.05) is 41.7 Å². The van der Waals surface area contributed by atoms with Gasteiger partial charge in [0.1, 0.15) is 0 Å². The molecule has 1 saturated heterocycles. The van der Waals surface area contributed by atoms with E-state index in [1.54, 1.807) is 24.3 Å². The smallest absolute Gasteiger partial charge is 0.323 e. The maximum absolute atomic E-state index is 12.7. The van der Waals surface area contributed by atoms with E-state index in [1.165, 1.54) is 19.3 Å². The molecule has 1 heterocycles. The number of nitrogens with zero attached hydrogens (tertiary/aromatic N) is 2. The monoisotopic (exact) mass is 440 g/mol. The maximum Gasteiger partial charge on any atom is 0.323 e. The average Bonchev–Trinajstić information content (AvgIpc) is 2.80. The Hall–Kier alpha value is -2.73. The van der Waals surface area contributed by atoms with E-state index in [1.807, 2.05) is 29.2 Å². The van der Waals surface area contributed by atoms with Gasteiger partial charge in [0, 0.05) is 54.2 Å². The minimum Gasteiger partial charge on any atom is -0.368 e. The highest BCUT2D eigenvalue weighted by Gasteiger charge is 2.28. The van der Waals surface area contributed by atoms with E-state index in [0.717, 1.165) is 50.4 Å². The van der Waals surface area contributed by atoms with Crippen LogP contribution in [0.2, 0.25) is 5.02 Å². The van der Waals surface area contributed by atoms with Gasteiger partial charge in [0.15, 0.2) is 0 Å². The van der Waals surface area contributed by atoms with Crippen molar-refractivity contribution in [2.24, 2.45) is 5.92 Å². The zero-order valence-corrected chi connectivity index (χ0v) is 18.4. The molecule has 31 heavy (non-hydrogen) atoms. The lowest BCUT2D eigenvalue weighted by Gasteiger charge is -2.38. The zero-order chi connectivity index (χ0) is 21.6. The summed E-state index contributed by atoms with van der Waals surface area (Å²) in [7, 11) is 0. The fraction of sp³-hybridized carbons (Fsp3) is 0.417. The van der Waals surface area contributed by atoms with E-state index in [9.17, 15) is 9.59 Å². The molecule has 0 bridgehead atoms. The number of nitrogens with one attached hydrogen (secondary N) is 2. The van der Waals surface area contributed by atoms with Gasteiger partial charge in [-0.05, 0) is 55.3 Å². The second-order valence-electron chi connectivity index (χ2n) is 8.28. The predicted molar refractivity (Wildman–Crippen MR) is 126 cm³/mol. The number of hydrogen-bond donors (Lipinski definition) is 2. The first-order valence-corrected chi connectivity index (χ1v) is 11.4. The van der Waals surface area contributed by atoms with Crippen molar-refractivity contribution in [3.63, 3.8) is 0 Å². The number of amides is 3. The Morgan fingerprint density at radius 3 is 2.19 bits per heavy atom. The third-order valence-corrected chi connectivity index (χ3v) is 6.35. The topological polar surface area (TPSA) is 64.7 Å². The van der Waals surface area contributed by atoms with Crippen LogP contribution in [0.3, 0.4) is 0 Å². The summed E-state index contributed by atoms with van der Waals surface area (Å²) in [4.78, 5) is 29.3. The van der Waals surface area contributed by atoms with Crippen molar-refractivity contribution in [3.8, 4) is 0 Å². The molecule has 3 amide bonds. The maximum atomic E-state index is 12.7. The van der Waals surface area contributed by atoms with E-state index < -0.39 is 0 Å². The number of carbonyl (C=O) groups excluding carboxylic acids is 2. The second kappa shape index (κ2) is 10.1. The first kappa shape index (κ1) is 21.5. The highest BCUT2D eigenvalue weighted by Crippen LogP contribution is 2.27. The Labute approximate surface area is 188 Å². The van der Waals surface area contributed by atoms with Gasteiger partial charge < -0.3 is 20.4 Å². The Kier molecular flexibility index (Phi) is 6.97. The van der Waals surface area contributed by atoms with E-state index in [2.05, 4.69) is 15.5 Å². The van der Waals surface area contributed by atoms with Crippen molar-refractivity contribution < 1.29 is 9.59 Å². The largest absolute Gasteiger partial charge is 0.368 e. The molecule has 7 heteroatoms. The van der Waals surface area contributed by atoms with E-state index in [4.69, 9.17) is 11.6 Å². The van der Waals surface area contributed by atoms with Gasteiger partial charge in [0.25, 0.3) is 0 Å². The SMILES string of the molecule is O=C(Nc1ccc(N2CCN(C(=O)C3CCCCC3)CC2)cc1)Nc1cccc(Cl)c1. The van der Waals surface area contributed by atoms with Gasteiger partial charge in [-0.25, -0.2) is 4.79 Å². The molecule has 2 aromatic rings. The van der Waals surface area contributed by atoms with Crippen LogP contribution in [0.25, 0.3) is 0 Å². The van der Waals surface area contributed by atoms with E-state index in [-0.39, 0.29) is 11.9 Å². The minimum absolute atomic E-state index is 0.240. The van der Waals surface area contributed by atoms with Crippen LogP contribution in [-0.2, 0) is 4.79 Å². The van der Waals surface area contributed by atoms with Gasteiger partial charge in [0.05, 0.1) is 0 Å². The number of halogens is 1. The third-order valence-electron chi connectivity index (χ3n) is 6.12. The van der Waals surface area contributed by atoms with Crippen molar-refractivity contribution >= 4 is 40.6 Å². The molecule has 0 aromatic heterocycles. The van der Waals surface area contributed by atoms with E-state index in [0.29, 0.717) is 16.6 Å². The third kappa shape index (κ3) is 5.70. The Morgan fingerprint density at radius 2 is 1.52 bits per heavy atom. The van der Waals surface area contributed by atoms with Gasteiger partial charge in [-0.1, -0.05) is 36.9 Å². The molecule has 2 aliphatic rings. The number of carbonyl (C=O) groups is 2. The number of hydrogen-bond acceptors (Lipinski definition) is 3. The van der Waals surface area contributed by atoms with Crippen LogP contribution >= 0.6 is 11.6 Å². The number of rotatable bonds is 4. The molecule has 2 fully saturated rings. The summed E-state index contributed by atoms with van der Waals surface area (Å²) in [5.41, 5.74) is 2.46. The first-order chi connectivity index (χ1) is 15.1. The minimum atomic E-state index is -0.315. The molecule has 0 radical (unpaired) electrons. The highest BCUT2D eigenvalue weighted by atomic mass is 35.5. The number of piperazine rings is 1. The van der Waals surface area contributed by atoms with Crippen LogP contribution in [-0.4, -0.2) is 43.0 Å². The number of benzene rings is 2. The second-order valence-corrected chi connectivity index (χ2v) is 8.72. The average molecular weight is 441 g/mol. The summed E-state index contributed by atoms with van der Waals surface area (Å²) in [6.07, 6.45) is 5.75. The van der Waals surface area contributed by atoms with Crippen LogP contribution < -0.4 is 15.5 Å². The molecular weight excluding hydrogens is 412 g/mol. The lowest BCUT2D eigenvalue weighted by atomic mass is 9.88. The van der Waals surface area contributed by atoms with Crippen LogP contribution in [0.15, 0.2) is 48.5 Å². The molecule has 1 aliphatic carbocycles. The van der Waals surface area contributed by atoms with Crippen LogP contribution in [0.5, 0.6) is 0 Å². The molecular formula is C24H29ClN4O2. The molecule has 4 rings (SSSR count). The van der Waals surface area contributed by atoms with Crippen molar-refractivity contribution in [2.45, 2.75) is 32.1 Å². The van der Waals surface area contributed by atoms with Crippen molar-refractivity contribution in [1.29, 1.82) is 0 Å². The summed E-state index contributed by atoms with van der Waals surface area (Å²) < 4.78 is 0. The Balaban J connectivity index is 1.26. The molecule has 1 aliphatic heterocycles. The predicted octanol–water partition coefficient (Wildman–Crippen LogP) is 5.21. The molecule has 1 saturated carbocycles. The highest BCUT2D eigenvalue weighted by molar-refractivity contribution is 6.30. The number of anilines is 3. The van der Waals surface area contributed by atoms with Crippen LogP contribution in [0, 0.1) is 5.92 Å². The molecule has 2 N–H and O–H groups in total. The molecule has 2 aromatic carbocycles. The fourth-order valence-electron chi connectivity index (χ4n) is 4.41. The first-order valence-electron chi connectivity index (χ1n) is 11.1. The molecule has 0 spiro atoms. The molecule has 0 unspecified atom stereocenters. The van der Waals surface area contributed by atoms with Crippen LogP contribution in [0.1, 0.15) is 32.1 Å². The van der Waals surface area contributed by atoms with Crippen molar-refractivity contribution in [3.05, 3.63) is 53.6 Å². The molecule has 0 atom stereocenters. The quantitative estimate of drug-likeness (QED) is 0.685. The van der Waals surface area contributed by atoms with Crippen molar-refractivity contribution in [1.82, 2.24) is 4.90 Å². The fourth-order valence-corrected chi connectivity index (χ4v) is 4.60. The summed E-state index contributed by atoms with van der Waals surface area (Å²) in [6, 6.07) is 14.5. The van der Waals surface area contributed by atoms with Gasteiger partial charge in [-0.15, -0.1) is 0 Å². The molecule has 164 valence electrons.